The second-order valence-electron chi connectivity index (χ2n) is 8.32. The molecule has 0 fully saturated rings. The Hall–Kier alpha value is -3.09. The van der Waals surface area contributed by atoms with Crippen LogP contribution in [0.2, 0.25) is 0 Å². The van der Waals surface area contributed by atoms with Crippen molar-refractivity contribution in [2.75, 3.05) is 0 Å². The topological polar surface area (TPSA) is 68.0 Å². The van der Waals surface area contributed by atoms with Gasteiger partial charge in [0.05, 0.1) is 12.1 Å². The van der Waals surface area contributed by atoms with Crippen molar-refractivity contribution in [3.05, 3.63) is 71.3 Å². The number of hydrogen-bond donors (Lipinski definition) is 1. The van der Waals surface area contributed by atoms with E-state index in [4.69, 9.17) is 0 Å². The molecular weight excluding hydrogens is 424 g/mol. The maximum Gasteiger partial charge on any atom is 0.336 e. The fourth-order valence-electron chi connectivity index (χ4n) is 3.77. The first-order chi connectivity index (χ1) is 15.9. The SMILES string of the molecule is CCCCCc1nc(C(F)(F)CCCC)nn1Cc1ccc(-c2ccccc2C(=O)O)cc1. The molecule has 2 aromatic carbocycles. The summed E-state index contributed by atoms with van der Waals surface area (Å²) in [6, 6.07) is 14.3. The van der Waals surface area contributed by atoms with Crippen molar-refractivity contribution in [3.63, 3.8) is 0 Å². The molecule has 0 atom stereocenters. The highest BCUT2D eigenvalue weighted by molar-refractivity contribution is 5.95. The molecule has 0 bridgehead atoms. The Kier molecular flexibility index (Phi) is 8.31. The number of halogens is 2. The minimum Gasteiger partial charge on any atom is -0.478 e. The number of unbranched alkanes of at least 4 members (excludes halogenated alkanes) is 3. The number of aryl methyl sites for hydroxylation is 1. The first kappa shape index (κ1) is 24.6. The molecule has 0 spiro atoms. The van der Waals surface area contributed by atoms with E-state index in [2.05, 4.69) is 17.0 Å². The van der Waals surface area contributed by atoms with Gasteiger partial charge in [-0.25, -0.2) is 14.5 Å². The van der Waals surface area contributed by atoms with E-state index in [0.29, 0.717) is 37.2 Å². The van der Waals surface area contributed by atoms with Crippen molar-refractivity contribution in [1.82, 2.24) is 14.8 Å². The van der Waals surface area contributed by atoms with Gasteiger partial charge < -0.3 is 5.11 Å². The van der Waals surface area contributed by atoms with Crippen LogP contribution < -0.4 is 0 Å². The number of aromatic nitrogens is 3. The van der Waals surface area contributed by atoms with Crippen LogP contribution in [0, 0.1) is 0 Å². The Morgan fingerprint density at radius 2 is 1.70 bits per heavy atom. The molecule has 0 radical (unpaired) electrons. The fraction of sp³-hybridized carbons (Fsp3) is 0.423. The Labute approximate surface area is 193 Å². The summed E-state index contributed by atoms with van der Waals surface area (Å²) in [4.78, 5) is 15.8. The van der Waals surface area contributed by atoms with E-state index >= 15 is 0 Å². The van der Waals surface area contributed by atoms with Gasteiger partial charge in [0, 0.05) is 12.8 Å². The predicted molar refractivity (Wildman–Crippen MR) is 125 cm³/mol. The summed E-state index contributed by atoms with van der Waals surface area (Å²) < 4.78 is 30.8. The highest BCUT2D eigenvalue weighted by Gasteiger charge is 2.36. The molecule has 0 unspecified atom stereocenters. The maximum absolute atomic E-state index is 14.6. The van der Waals surface area contributed by atoms with Gasteiger partial charge >= 0.3 is 11.9 Å². The van der Waals surface area contributed by atoms with Gasteiger partial charge in [-0.1, -0.05) is 75.6 Å². The summed E-state index contributed by atoms with van der Waals surface area (Å²) in [7, 11) is 0. The first-order valence-electron chi connectivity index (χ1n) is 11.6. The molecular formula is C26H31F2N3O2. The number of carbonyl (C=O) groups is 1. The van der Waals surface area contributed by atoms with Crippen LogP contribution in [0.25, 0.3) is 11.1 Å². The van der Waals surface area contributed by atoms with Crippen LogP contribution in [-0.2, 0) is 18.9 Å². The molecule has 176 valence electrons. The van der Waals surface area contributed by atoms with E-state index in [1.165, 1.54) is 0 Å². The van der Waals surface area contributed by atoms with Gasteiger partial charge in [0.15, 0.2) is 0 Å². The van der Waals surface area contributed by atoms with Crippen molar-refractivity contribution in [2.45, 2.75) is 71.3 Å². The second kappa shape index (κ2) is 11.2. The number of rotatable bonds is 12. The third-order valence-corrected chi connectivity index (χ3v) is 5.68. The molecule has 3 aromatic rings. The van der Waals surface area contributed by atoms with Crippen molar-refractivity contribution in [2.24, 2.45) is 0 Å². The molecule has 1 heterocycles. The number of benzene rings is 2. The fourth-order valence-corrected chi connectivity index (χ4v) is 3.77. The van der Waals surface area contributed by atoms with Crippen molar-refractivity contribution in [1.29, 1.82) is 0 Å². The van der Waals surface area contributed by atoms with Gasteiger partial charge in [0.1, 0.15) is 5.82 Å². The Bertz CT molecular complexity index is 1060. The van der Waals surface area contributed by atoms with Gasteiger partial charge in [0.2, 0.25) is 5.82 Å². The number of aromatic carboxylic acids is 1. The first-order valence-corrected chi connectivity index (χ1v) is 11.6. The molecule has 0 aliphatic rings. The number of nitrogens with zero attached hydrogens (tertiary/aromatic N) is 3. The van der Waals surface area contributed by atoms with Crippen molar-refractivity contribution >= 4 is 5.97 Å². The molecule has 33 heavy (non-hydrogen) atoms. The molecule has 1 aromatic heterocycles. The average molecular weight is 456 g/mol. The predicted octanol–water partition coefficient (Wildman–Crippen LogP) is 6.71. The van der Waals surface area contributed by atoms with Crippen LogP contribution in [0.4, 0.5) is 8.78 Å². The Morgan fingerprint density at radius 1 is 1.00 bits per heavy atom. The number of alkyl halides is 2. The van der Waals surface area contributed by atoms with Gasteiger partial charge in [-0.2, -0.15) is 8.78 Å². The lowest BCUT2D eigenvalue weighted by Crippen LogP contribution is -2.16. The average Bonchev–Trinajstić information content (AvgIpc) is 3.22. The van der Waals surface area contributed by atoms with E-state index in [1.807, 2.05) is 31.2 Å². The van der Waals surface area contributed by atoms with Crippen LogP contribution in [0.5, 0.6) is 0 Å². The highest BCUT2D eigenvalue weighted by atomic mass is 19.3. The number of carboxylic acids is 1. The van der Waals surface area contributed by atoms with Gasteiger partial charge in [-0.15, -0.1) is 5.10 Å². The second-order valence-corrected chi connectivity index (χ2v) is 8.32. The Morgan fingerprint density at radius 3 is 2.36 bits per heavy atom. The maximum atomic E-state index is 14.6. The standard InChI is InChI=1S/C26H31F2N3O2/c1-3-5-7-12-23-29-25(26(27,28)17-6-4-2)30-31(23)18-19-13-15-20(16-14-19)21-10-8-9-11-22(21)24(32)33/h8-11,13-16H,3-7,12,17-18H2,1-2H3,(H,32,33). The highest BCUT2D eigenvalue weighted by Crippen LogP contribution is 2.31. The molecule has 0 aliphatic heterocycles. The largest absolute Gasteiger partial charge is 0.478 e. The van der Waals surface area contributed by atoms with E-state index < -0.39 is 17.7 Å². The minimum absolute atomic E-state index is 0.235. The molecule has 0 amide bonds. The van der Waals surface area contributed by atoms with Crippen LogP contribution in [-0.4, -0.2) is 25.8 Å². The number of carboxylic acid groups (broad SMARTS) is 1. The van der Waals surface area contributed by atoms with Crippen LogP contribution in [0.15, 0.2) is 48.5 Å². The lowest BCUT2D eigenvalue weighted by molar-refractivity contribution is -0.0245. The third kappa shape index (κ3) is 6.24. The van der Waals surface area contributed by atoms with Crippen LogP contribution in [0.1, 0.15) is 79.9 Å². The summed E-state index contributed by atoms with van der Waals surface area (Å²) in [5.41, 5.74) is 2.54. The number of hydrogen-bond acceptors (Lipinski definition) is 3. The lowest BCUT2D eigenvalue weighted by Gasteiger charge is -2.11. The van der Waals surface area contributed by atoms with E-state index in [1.54, 1.807) is 28.9 Å². The zero-order valence-electron chi connectivity index (χ0n) is 19.2. The van der Waals surface area contributed by atoms with Gasteiger partial charge in [-0.3, -0.25) is 0 Å². The molecule has 7 heteroatoms. The zero-order chi connectivity index (χ0) is 23.8. The Balaban J connectivity index is 1.85. The summed E-state index contributed by atoms with van der Waals surface area (Å²) in [6.07, 6.45) is 4.39. The van der Waals surface area contributed by atoms with Crippen molar-refractivity contribution < 1.29 is 18.7 Å². The summed E-state index contributed by atoms with van der Waals surface area (Å²) in [5.74, 6) is -3.83. The van der Waals surface area contributed by atoms with Crippen LogP contribution in [0.3, 0.4) is 0 Å². The lowest BCUT2D eigenvalue weighted by atomic mass is 9.99. The van der Waals surface area contributed by atoms with Gasteiger partial charge in [0.25, 0.3) is 0 Å². The molecule has 0 saturated heterocycles. The quantitative estimate of drug-likeness (QED) is 0.308. The monoisotopic (exact) mass is 455 g/mol. The van der Waals surface area contributed by atoms with E-state index in [0.717, 1.165) is 30.4 Å². The molecule has 5 nitrogen and oxygen atoms in total. The van der Waals surface area contributed by atoms with E-state index in [-0.39, 0.29) is 12.0 Å². The zero-order valence-corrected chi connectivity index (χ0v) is 19.2. The van der Waals surface area contributed by atoms with Gasteiger partial charge in [-0.05, 0) is 35.6 Å². The summed E-state index contributed by atoms with van der Waals surface area (Å²) in [6.45, 7) is 4.31. The molecule has 1 N–H and O–H groups in total. The van der Waals surface area contributed by atoms with Crippen molar-refractivity contribution in [3.8, 4) is 11.1 Å². The van der Waals surface area contributed by atoms with Crippen LogP contribution >= 0.6 is 0 Å². The minimum atomic E-state index is -3.04. The smallest absolute Gasteiger partial charge is 0.336 e. The summed E-state index contributed by atoms with van der Waals surface area (Å²) >= 11 is 0. The molecule has 0 saturated carbocycles. The van der Waals surface area contributed by atoms with E-state index in [9.17, 15) is 18.7 Å². The third-order valence-electron chi connectivity index (χ3n) is 5.68. The molecule has 3 rings (SSSR count). The molecule has 0 aliphatic carbocycles. The normalized spacial score (nSPS) is 11.6. The summed E-state index contributed by atoms with van der Waals surface area (Å²) in [5, 5.41) is 13.6.